The van der Waals surface area contributed by atoms with Crippen LogP contribution in [-0.4, -0.2) is 47.8 Å². The van der Waals surface area contributed by atoms with Crippen LogP contribution in [0.4, 0.5) is 10.2 Å². The first-order valence-electron chi connectivity index (χ1n) is 9.70. The van der Waals surface area contributed by atoms with Crippen LogP contribution in [0.5, 0.6) is 0 Å². The molecule has 1 N–H and O–H groups in total. The van der Waals surface area contributed by atoms with Crippen LogP contribution < -0.4 is 5.32 Å². The van der Waals surface area contributed by atoms with Crippen LogP contribution in [0.15, 0.2) is 59.8 Å². The van der Waals surface area contributed by atoms with Gasteiger partial charge >= 0.3 is 0 Å². The third kappa shape index (κ3) is 4.17. The number of sulfonamides is 1. The highest BCUT2D eigenvalue weighted by Gasteiger charge is 2.32. The van der Waals surface area contributed by atoms with Crippen molar-refractivity contribution in [3.63, 3.8) is 0 Å². The Morgan fingerprint density at radius 3 is 2.67 bits per heavy atom. The number of nitrogens with one attached hydrogen (secondary N) is 1. The van der Waals surface area contributed by atoms with E-state index in [1.165, 1.54) is 16.4 Å². The molecular formula is C21H22FN5O2S. The lowest BCUT2D eigenvalue weighted by Crippen LogP contribution is -2.39. The summed E-state index contributed by atoms with van der Waals surface area (Å²) in [4.78, 5) is 13.4. The first-order valence-corrected chi connectivity index (χ1v) is 11.1. The van der Waals surface area contributed by atoms with E-state index in [2.05, 4.69) is 15.3 Å². The van der Waals surface area contributed by atoms with Gasteiger partial charge in [0.05, 0.1) is 10.6 Å². The Bertz CT molecular complexity index is 1120. The summed E-state index contributed by atoms with van der Waals surface area (Å²) in [6.07, 6.45) is 4.92. The number of pyridine rings is 1. The van der Waals surface area contributed by atoms with Gasteiger partial charge in [0.15, 0.2) is 5.82 Å². The number of benzene rings is 1. The molecule has 0 saturated carbocycles. The molecule has 30 heavy (non-hydrogen) atoms. The summed E-state index contributed by atoms with van der Waals surface area (Å²) in [7, 11) is -1.92. The van der Waals surface area contributed by atoms with E-state index in [1.54, 1.807) is 19.4 Å². The highest BCUT2D eigenvalue weighted by Crippen LogP contribution is 2.31. The molecule has 1 aliphatic heterocycles. The lowest BCUT2D eigenvalue weighted by Gasteiger charge is -2.32. The molecule has 4 rings (SSSR count). The van der Waals surface area contributed by atoms with E-state index < -0.39 is 15.8 Å². The number of hydrogen-bond donors (Lipinski definition) is 1. The Balaban J connectivity index is 1.64. The Morgan fingerprint density at radius 1 is 1.17 bits per heavy atom. The number of piperidine rings is 1. The maximum atomic E-state index is 13.2. The number of hydrogen-bond acceptors (Lipinski definition) is 6. The number of anilines is 1. The highest BCUT2D eigenvalue weighted by molar-refractivity contribution is 7.89. The number of nitrogens with zero attached hydrogens (tertiary/aromatic N) is 4. The molecular weight excluding hydrogens is 405 g/mol. The monoisotopic (exact) mass is 427 g/mol. The third-order valence-electron chi connectivity index (χ3n) is 5.18. The minimum atomic E-state index is -3.70. The molecule has 0 bridgehead atoms. The summed E-state index contributed by atoms with van der Waals surface area (Å²) in [5.74, 6) is 0.675. The smallest absolute Gasteiger partial charge is 0.243 e. The van der Waals surface area contributed by atoms with Crippen molar-refractivity contribution in [1.82, 2.24) is 19.3 Å². The van der Waals surface area contributed by atoms with Crippen molar-refractivity contribution in [3.8, 4) is 11.4 Å². The van der Waals surface area contributed by atoms with E-state index in [1.807, 2.05) is 18.2 Å². The Kier molecular flexibility index (Phi) is 5.74. The van der Waals surface area contributed by atoms with Gasteiger partial charge < -0.3 is 5.32 Å². The van der Waals surface area contributed by atoms with Crippen molar-refractivity contribution in [2.45, 2.75) is 23.7 Å². The second-order valence-corrected chi connectivity index (χ2v) is 9.09. The van der Waals surface area contributed by atoms with E-state index in [4.69, 9.17) is 4.98 Å². The predicted molar refractivity (Wildman–Crippen MR) is 112 cm³/mol. The van der Waals surface area contributed by atoms with Crippen molar-refractivity contribution < 1.29 is 12.8 Å². The Morgan fingerprint density at radius 2 is 1.97 bits per heavy atom. The summed E-state index contributed by atoms with van der Waals surface area (Å²) in [6.45, 7) is 0.738. The van der Waals surface area contributed by atoms with Gasteiger partial charge in [-0.15, -0.1) is 0 Å². The number of aromatic nitrogens is 3. The zero-order valence-corrected chi connectivity index (χ0v) is 17.3. The van der Waals surface area contributed by atoms with E-state index in [-0.39, 0.29) is 10.8 Å². The van der Waals surface area contributed by atoms with Gasteiger partial charge in [-0.05, 0) is 49.2 Å². The van der Waals surface area contributed by atoms with Crippen molar-refractivity contribution in [3.05, 3.63) is 66.4 Å². The molecule has 0 aliphatic carbocycles. The van der Waals surface area contributed by atoms with Crippen LogP contribution in [0.3, 0.4) is 0 Å². The zero-order valence-electron chi connectivity index (χ0n) is 16.5. The lowest BCUT2D eigenvalue weighted by atomic mass is 9.95. The second-order valence-electron chi connectivity index (χ2n) is 7.15. The molecule has 1 aliphatic rings. The molecule has 0 spiro atoms. The summed E-state index contributed by atoms with van der Waals surface area (Å²) in [6, 6.07) is 10.5. The quantitative estimate of drug-likeness (QED) is 0.672. The van der Waals surface area contributed by atoms with Gasteiger partial charge in [0.1, 0.15) is 11.6 Å². The van der Waals surface area contributed by atoms with Crippen molar-refractivity contribution >= 4 is 15.8 Å². The fraction of sp³-hybridized carbons (Fsp3) is 0.286. The van der Waals surface area contributed by atoms with Crippen molar-refractivity contribution in [2.75, 3.05) is 25.5 Å². The number of halogens is 1. The van der Waals surface area contributed by atoms with E-state index in [0.29, 0.717) is 31.2 Å². The van der Waals surface area contributed by atoms with Gasteiger partial charge in [-0.1, -0.05) is 0 Å². The van der Waals surface area contributed by atoms with Crippen LogP contribution in [0.1, 0.15) is 24.5 Å². The minimum Gasteiger partial charge on any atom is -0.373 e. The fourth-order valence-electron chi connectivity index (χ4n) is 3.59. The van der Waals surface area contributed by atoms with E-state index in [9.17, 15) is 12.8 Å². The van der Waals surface area contributed by atoms with Gasteiger partial charge in [0.2, 0.25) is 10.0 Å². The average molecular weight is 428 g/mol. The Hall–Kier alpha value is -2.91. The largest absolute Gasteiger partial charge is 0.373 e. The maximum Gasteiger partial charge on any atom is 0.243 e. The maximum absolute atomic E-state index is 13.2. The molecule has 3 aromatic rings. The van der Waals surface area contributed by atoms with Crippen molar-refractivity contribution in [1.29, 1.82) is 0 Å². The first kappa shape index (κ1) is 20.4. The Labute approximate surface area is 175 Å². The van der Waals surface area contributed by atoms with Crippen LogP contribution in [0.2, 0.25) is 0 Å². The predicted octanol–water partition coefficient (Wildman–Crippen LogP) is 3.29. The summed E-state index contributed by atoms with van der Waals surface area (Å²) < 4.78 is 40.7. The normalized spacial score (nSPS) is 17.6. The molecule has 0 unspecified atom stereocenters. The molecule has 1 fully saturated rings. The average Bonchev–Trinajstić information content (AvgIpc) is 2.79. The van der Waals surface area contributed by atoms with Crippen LogP contribution >= 0.6 is 0 Å². The van der Waals surface area contributed by atoms with E-state index >= 15 is 0 Å². The molecule has 9 heteroatoms. The van der Waals surface area contributed by atoms with Gasteiger partial charge in [-0.2, -0.15) is 4.31 Å². The molecule has 2 aromatic heterocycles. The number of rotatable bonds is 5. The molecule has 7 nitrogen and oxygen atoms in total. The highest BCUT2D eigenvalue weighted by atomic mass is 32.2. The summed E-state index contributed by atoms with van der Waals surface area (Å²) in [5, 5.41) is 3.05. The molecule has 1 aromatic carbocycles. The van der Waals surface area contributed by atoms with Crippen LogP contribution in [-0.2, 0) is 10.0 Å². The van der Waals surface area contributed by atoms with Crippen LogP contribution in [0, 0.1) is 5.82 Å². The fourth-order valence-corrected chi connectivity index (χ4v) is 5.11. The summed E-state index contributed by atoms with van der Waals surface area (Å²) in [5.41, 5.74) is 1.58. The SMILES string of the molecule is CNc1cc([C@@H]2CCCN(S(=O)(=O)c3ccc(F)cc3)C2)nc(-c2cccnc2)n1. The second kappa shape index (κ2) is 8.45. The van der Waals surface area contributed by atoms with Gasteiger partial charge in [-0.3, -0.25) is 4.98 Å². The topological polar surface area (TPSA) is 88.1 Å². The molecule has 0 radical (unpaired) electrons. The third-order valence-corrected chi connectivity index (χ3v) is 7.06. The van der Waals surface area contributed by atoms with Gasteiger partial charge in [0, 0.05) is 50.1 Å². The van der Waals surface area contributed by atoms with Gasteiger partial charge in [-0.25, -0.2) is 22.8 Å². The van der Waals surface area contributed by atoms with Crippen LogP contribution in [0.25, 0.3) is 11.4 Å². The molecule has 1 saturated heterocycles. The molecule has 0 amide bonds. The summed E-state index contributed by atoms with van der Waals surface area (Å²) >= 11 is 0. The lowest BCUT2D eigenvalue weighted by molar-refractivity contribution is 0.312. The zero-order chi connectivity index (χ0) is 21.1. The molecule has 156 valence electrons. The standard InChI is InChI=1S/C21H22FN5O2S/c1-23-20-12-19(25-21(26-20)15-4-2-10-24-13-15)16-5-3-11-27(14-16)30(28,29)18-8-6-17(22)7-9-18/h2,4,6-10,12-13,16H,3,5,11,14H2,1H3,(H,23,25,26)/t16-/m1/s1. The minimum absolute atomic E-state index is 0.0699. The molecule has 1 atom stereocenters. The first-order chi connectivity index (χ1) is 14.5. The van der Waals surface area contributed by atoms with E-state index in [0.717, 1.165) is 29.8 Å². The van der Waals surface area contributed by atoms with Gasteiger partial charge in [0.25, 0.3) is 0 Å². The molecule has 3 heterocycles. The van der Waals surface area contributed by atoms with Crippen molar-refractivity contribution in [2.24, 2.45) is 0 Å².